The van der Waals surface area contributed by atoms with Crippen LogP contribution in [0.4, 0.5) is 4.39 Å². The lowest BCUT2D eigenvalue weighted by Gasteiger charge is -2.27. The first-order chi connectivity index (χ1) is 14.9. The van der Waals surface area contributed by atoms with E-state index in [4.69, 9.17) is 30.5 Å². The Hall–Kier alpha value is -2.76. The number of ether oxygens (including phenoxy) is 4. The minimum Gasteiger partial charge on any atom is -0.497 e. The molecular weight excluding hydrogens is 419 g/mol. The van der Waals surface area contributed by atoms with Crippen molar-refractivity contribution < 1.29 is 23.3 Å². The first kappa shape index (κ1) is 22.9. The van der Waals surface area contributed by atoms with Crippen molar-refractivity contribution in [2.75, 3.05) is 14.2 Å². The number of halogens is 2. The van der Waals surface area contributed by atoms with Gasteiger partial charge < -0.3 is 18.9 Å². The number of hydrogen-bond donors (Lipinski definition) is 0. The molecule has 0 fully saturated rings. The predicted octanol–water partition coefficient (Wildman–Crippen LogP) is 6.53. The monoisotopic (exact) mass is 444 g/mol. The summed E-state index contributed by atoms with van der Waals surface area (Å²) < 4.78 is 36.8. The quantitative estimate of drug-likeness (QED) is 0.376. The molecule has 0 amide bonds. The van der Waals surface area contributed by atoms with Crippen molar-refractivity contribution in [1.82, 2.24) is 0 Å². The lowest BCUT2D eigenvalue weighted by Crippen LogP contribution is -2.25. The van der Waals surface area contributed by atoms with Gasteiger partial charge in [-0.15, -0.1) is 0 Å². The standard InChI is InChI=1S/C25H26ClFO4/c1-16-5-12-23(22(26)13-16)31-25(21-11-8-19(27)14-24(21)29-4)17(2)30-15-18-6-9-20(28-3)10-7-18/h5-14,17,25H,15H2,1-4H3/t17?,25-/m0/s1. The third-order valence-electron chi connectivity index (χ3n) is 4.94. The van der Waals surface area contributed by atoms with Crippen molar-refractivity contribution in [3.8, 4) is 17.2 Å². The highest BCUT2D eigenvalue weighted by atomic mass is 35.5. The number of benzene rings is 3. The second-order valence-electron chi connectivity index (χ2n) is 7.22. The Morgan fingerprint density at radius 2 is 1.65 bits per heavy atom. The molecule has 164 valence electrons. The predicted molar refractivity (Wildman–Crippen MR) is 120 cm³/mol. The summed E-state index contributed by atoms with van der Waals surface area (Å²) in [7, 11) is 3.12. The van der Waals surface area contributed by atoms with Gasteiger partial charge in [-0.25, -0.2) is 4.39 Å². The van der Waals surface area contributed by atoms with Crippen LogP contribution in [-0.4, -0.2) is 20.3 Å². The van der Waals surface area contributed by atoms with E-state index in [1.54, 1.807) is 13.2 Å². The van der Waals surface area contributed by atoms with E-state index in [2.05, 4.69) is 0 Å². The van der Waals surface area contributed by atoms with Crippen molar-refractivity contribution in [3.05, 3.63) is 88.2 Å². The third-order valence-corrected chi connectivity index (χ3v) is 5.24. The highest BCUT2D eigenvalue weighted by Crippen LogP contribution is 2.36. The average Bonchev–Trinajstić information content (AvgIpc) is 2.77. The SMILES string of the molecule is COc1ccc(COC(C)[C@H](Oc2ccc(C)cc2Cl)c2ccc(F)cc2OC)cc1. The zero-order valence-electron chi connectivity index (χ0n) is 18.0. The molecule has 0 saturated carbocycles. The summed E-state index contributed by atoms with van der Waals surface area (Å²) in [5.41, 5.74) is 2.69. The second-order valence-corrected chi connectivity index (χ2v) is 7.63. The van der Waals surface area contributed by atoms with E-state index in [1.165, 1.54) is 19.2 Å². The number of aryl methyl sites for hydroxylation is 1. The molecule has 0 aliphatic carbocycles. The summed E-state index contributed by atoms with van der Waals surface area (Å²) in [5.74, 6) is 1.29. The molecule has 1 unspecified atom stereocenters. The van der Waals surface area contributed by atoms with E-state index < -0.39 is 6.10 Å². The van der Waals surface area contributed by atoms with Crippen LogP contribution < -0.4 is 14.2 Å². The van der Waals surface area contributed by atoms with Gasteiger partial charge >= 0.3 is 0 Å². The summed E-state index contributed by atoms with van der Waals surface area (Å²) in [6.07, 6.45) is -0.965. The maximum absolute atomic E-state index is 13.8. The summed E-state index contributed by atoms with van der Waals surface area (Å²) in [5, 5.41) is 0.494. The van der Waals surface area contributed by atoms with Crippen LogP contribution in [0.2, 0.25) is 5.02 Å². The Kier molecular flexibility index (Phi) is 7.77. The van der Waals surface area contributed by atoms with Crippen LogP contribution in [0.1, 0.15) is 29.7 Å². The highest BCUT2D eigenvalue weighted by Gasteiger charge is 2.27. The number of rotatable bonds is 9. The molecule has 6 heteroatoms. The third kappa shape index (κ3) is 5.90. The Labute approximate surface area is 187 Å². The summed E-state index contributed by atoms with van der Waals surface area (Å²) in [4.78, 5) is 0. The molecule has 0 spiro atoms. The van der Waals surface area contributed by atoms with Gasteiger partial charge in [0, 0.05) is 11.6 Å². The maximum Gasteiger partial charge on any atom is 0.153 e. The normalized spacial score (nSPS) is 12.8. The van der Waals surface area contributed by atoms with Crippen LogP contribution >= 0.6 is 11.6 Å². The van der Waals surface area contributed by atoms with Gasteiger partial charge in [-0.1, -0.05) is 29.8 Å². The fraction of sp³-hybridized carbons (Fsp3) is 0.280. The van der Waals surface area contributed by atoms with Crippen LogP contribution in [0, 0.1) is 12.7 Å². The lowest BCUT2D eigenvalue weighted by molar-refractivity contribution is -0.0259. The van der Waals surface area contributed by atoms with E-state index in [0.717, 1.165) is 16.9 Å². The molecule has 4 nitrogen and oxygen atoms in total. The van der Waals surface area contributed by atoms with Gasteiger partial charge in [0.1, 0.15) is 23.1 Å². The maximum atomic E-state index is 13.8. The summed E-state index contributed by atoms with van der Waals surface area (Å²) in [6, 6.07) is 17.6. The lowest BCUT2D eigenvalue weighted by atomic mass is 10.0. The fourth-order valence-electron chi connectivity index (χ4n) is 3.21. The van der Waals surface area contributed by atoms with Crippen molar-refractivity contribution in [3.63, 3.8) is 0 Å². The minimum absolute atomic E-state index is 0.371. The van der Waals surface area contributed by atoms with E-state index in [0.29, 0.717) is 28.7 Å². The molecule has 3 rings (SSSR count). The van der Waals surface area contributed by atoms with Gasteiger partial charge in [-0.3, -0.25) is 0 Å². The molecule has 0 aliphatic rings. The Balaban J connectivity index is 1.86. The van der Waals surface area contributed by atoms with Crippen molar-refractivity contribution in [2.24, 2.45) is 0 Å². The first-order valence-corrected chi connectivity index (χ1v) is 10.3. The van der Waals surface area contributed by atoms with Crippen LogP contribution in [0.15, 0.2) is 60.7 Å². The van der Waals surface area contributed by atoms with Gasteiger partial charge in [0.15, 0.2) is 6.10 Å². The van der Waals surface area contributed by atoms with Gasteiger partial charge in [-0.05, 0) is 61.4 Å². The number of methoxy groups -OCH3 is 2. The van der Waals surface area contributed by atoms with Crippen LogP contribution in [-0.2, 0) is 11.3 Å². The molecule has 31 heavy (non-hydrogen) atoms. The first-order valence-electron chi connectivity index (χ1n) is 9.92. The molecule has 0 aromatic heterocycles. The van der Waals surface area contributed by atoms with Crippen molar-refractivity contribution in [1.29, 1.82) is 0 Å². The van der Waals surface area contributed by atoms with E-state index in [1.807, 2.05) is 56.3 Å². The Morgan fingerprint density at radius 1 is 0.903 bits per heavy atom. The topological polar surface area (TPSA) is 36.9 Å². The van der Waals surface area contributed by atoms with Crippen molar-refractivity contribution in [2.45, 2.75) is 32.7 Å². The molecule has 2 atom stereocenters. The molecule has 0 radical (unpaired) electrons. The largest absolute Gasteiger partial charge is 0.497 e. The highest BCUT2D eigenvalue weighted by molar-refractivity contribution is 6.32. The van der Waals surface area contributed by atoms with Gasteiger partial charge in [0.05, 0.1) is 32.0 Å². The molecular formula is C25H26ClFO4. The van der Waals surface area contributed by atoms with E-state index in [-0.39, 0.29) is 11.9 Å². The van der Waals surface area contributed by atoms with Crippen LogP contribution in [0.3, 0.4) is 0 Å². The van der Waals surface area contributed by atoms with E-state index in [9.17, 15) is 4.39 Å². The molecule has 0 heterocycles. The zero-order chi connectivity index (χ0) is 22.4. The summed E-state index contributed by atoms with van der Waals surface area (Å²) in [6.45, 7) is 4.23. The molecule has 3 aromatic rings. The second kappa shape index (κ2) is 10.5. The Morgan fingerprint density at radius 3 is 2.29 bits per heavy atom. The number of hydrogen-bond acceptors (Lipinski definition) is 4. The molecule has 0 aliphatic heterocycles. The zero-order valence-corrected chi connectivity index (χ0v) is 18.8. The smallest absolute Gasteiger partial charge is 0.153 e. The van der Waals surface area contributed by atoms with Gasteiger partial charge in [-0.2, -0.15) is 0 Å². The van der Waals surface area contributed by atoms with Gasteiger partial charge in [0.25, 0.3) is 0 Å². The van der Waals surface area contributed by atoms with Crippen LogP contribution in [0.25, 0.3) is 0 Å². The molecule has 3 aromatic carbocycles. The van der Waals surface area contributed by atoms with Crippen LogP contribution in [0.5, 0.6) is 17.2 Å². The summed E-state index contributed by atoms with van der Waals surface area (Å²) >= 11 is 6.40. The average molecular weight is 445 g/mol. The van der Waals surface area contributed by atoms with Gasteiger partial charge in [0.2, 0.25) is 0 Å². The molecule has 0 saturated heterocycles. The molecule has 0 bridgehead atoms. The fourth-order valence-corrected chi connectivity index (χ4v) is 3.49. The minimum atomic E-state index is -0.575. The molecule has 0 N–H and O–H groups in total. The Bertz CT molecular complexity index is 1010. The van der Waals surface area contributed by atoms with E-state index >= 15 is 0 Å². The van der Waals surface area contributed by atoms with Crippen molar-refractivity contribution >= 4 is 11.6 Å².